The predicted molar refractivity (Wildman–Crippen MR) is 95.8 cm³/mol. The molecule has 1 N–H and O–H groups in total. The minimum absolute atomic E-state index is 0.192. The van der Waals surface area contributed by atoms with E-state index in [9.17, 15) is 9.59 Å². The molecule has 1 aromatic carbocycles. The van der Waals surface area contributed by atoms with Crippen LogP contribution in [0.1, 0.15) is 36.2 Å². The Hall–Kier alpha value is -2.56. The van der Waals surface area contributed by atoms with Gasteiger partial charge in [0.25, 0.3) is 11.5 Å². The molecule has 0 aliphatic heterocycles. The highest BCUT2D eigenvalue weighted by Crippen LogP contribution is 2.16. The van der Waals surface area contributed by atoms with Gasteiger partial charge in [-0.25, -0.2) is 0 Å². The van der Waals surface area contributed by atoms with E-state index in [4.69, 9.17) is 4.74 Å². The average molecular weight is 328 g/mol. The fraction of sp³-hybridized carbons (Fsp3) is 0.368. The van der Waals surface area contributed by atoms with Crippen LogP contribution in [0.15, 0.2) is 41.3 Å². The van der Waals surface area contributed by atoms with Gasteiger partial charge in [0.15, 0.2) is 0 Å². The predicted octanol–water partition coefficient (Wildman–Crippen LogP) is 3.46. The van der Waals surface area contributed by atoms with Crippen LogP contribution in [0.5, 0.6) is 5.75 Å². The molecule has 0 radical (unpaired) electrons. The van der Waals surface area contributed by atoms with Crippen molar-refractivity contribution in [3.63, 3.8) is 0 Å². The standard InChI is InChI=1S/C19H24N2O3/c1-13(2)9-11-21-12-10-14(3)17(19(21)23)18(22)20-15-5-7-16(24-4)8-6-15/h5-8,10,12-13H,9,11H2,1-4H3,(H,20,22). The zero-order valence-electron chi connectivity index (χ0n) is 14.6. The molecule has 0 aliphatic rings. The topological polar surface area (TPSA) is 60.3 Å². The summed E-state index contributed by atoms with van der Waals surface area (Å²) in [6, 6.07) is 8.81. The molecule has 0 atom stereocenters. The molecule has 5 nitrogen and oxygen atoms in total. The molecule has 5 heteroatoms. The van der Waals surface area contributed by atoms with Crippen molar-refractivity contribution in [2.24, 2.45) is 5.92 Å². The van der Waals surface area contributed by atoms with Crippen LogP contribution in [0.25, 0.3) is 0 Å². The summed E-state index contributed by atoms with van der Waals surface area (Å²) < 4.78 is 6.70. The molecule has 0 unspecified atom stereocenters. The number of rotatable bonds is 6. The molecule has 0 aliphatic carbocycles. The van der Waals surface area contributed by atoms with Crippen molar-refractivity contribution in [2.45, 2.75) is 33.7 Å². The van der Waals surface area contributed by atoms with Gasteiger partial charge in [-0.2, -0.15) is 0 Å². The SMILES string of the molecule is COc1ccc(NC(=O)c2c(C)ccn(CCC(C)C)c2=O)cc1. The Kier molecular flexibility index (Phi) is 5.79. The summed E-state index contributed by atoms with van der Waals surface area (Å²) in [6.07, 6.45) is 2.65. The Morgan fingerprint density at radius 2 is 1.88 bits per heavy atom. The van der Waals surface area contributed by atoms with Crippen molar-refractivity contribution in [3.8, 4) is 5.75 Å². The van der Waals surface area contributed by atoms with Gasteiger partial charge in [0.05, 0.1) is 7.11 Å². The average Bonchev–Trinajstić information content (AvgIpc) is 2.54. The molecule has 0 fully saturated rings. The second-order valence-electron chi connectivity index (χ2n) is 6.24. The van der Waals surface area contributed by atoms with Crippen LogP contribution in [-0.2, 0) is 6.54 Å². The third kappa shape index (κ3) is 4.25. The summed E-state index contributed by atoms with van der Waals surface area (Å²) in [5.74, 6) is 0.816. The van der Waals surface area contributed by atoms with Gasteiger partial charge >= 0.3 is 0 Å². The first kappa shape index (κ1) is 17.8. The lowest BCUT2D eigenvalue weighted by molar-refractivity contribution is 0.102. The van der Waals surface area contributed by atoms with Crippen molar-refractivity contribution in [1.82, 2.24) is 4.57 Å². The molecule has 0 saturated heterocycles. The maximum absolute atomic E-state index is 12.6. The van der Waals surface area contributed by atoms with Crippen LogP contribution in [0.2, 0.25) is 0 Å². The summed E-state index contributed by atoms with van der Waals surface area (Å²) >= 11 is 0. The Labute approximate surface area is 142 Å². The number of ether oxygens (including phenoxy) is 1. The van der Waals surface area contributed by atoms with E-state index in [2.05, 4.69) is 19.2 Å². The van der Waals surface area contributed by atoms with E-state index in [0.29, 0.717) is 29.5 Å². The zero-order valence-corrected chi connectivity index (χ0v) is 14.6. The number of pyridine rings is 1. The first-order valence-electron chi connectivity index (χ1n) is 8.07. The lowest BCUT2D eigenvalue weighted by Crippen LogP contribution is -2.30. The van der Waals surface area contributed by atoms with E-state index in [0.717, 1.165) is 6.42 Å². The minimum atomic E-state index is -0.387. The van der Waals surface area contributed by atoms with Crippen LogP contribution in [0.3, 0.4) is 0 Å². The Bertz CT molecular complexity index is 761. The number of aryl methyl sites for hydroxylation is 2. The second kappa shape index (κ2) is 7.81. The number of anilines is 1. The number of hydrogen-bond donors (Lipinski definition) is 1. The molecule has 1 heterocycles. The minimum Gasteiger partial charge on any atom is -0.497 e. The van der Waals surface area contributed by atoms with E-state index < -0.39 is 0 Å². The smallest absolute Gasteiger partial charge is 0.263 e. The highest BCUT2D eigenvalue weighted by Gasteiger charge is 2.16. The van der Waals surface area contributed by atoms with Crippen LogP contribution < -0.4 is 15.6 Å². The fourth-order valence-electron chi connectivity index (χ4n) is 2.38. The highest BCUT2D eigenvalue weighted by molar-refractivity contribution is 6.05. The number of carbonyl (C=O) groups is 1. The number of nitrogens with one attached hydrogen (secondary N) is 1. The second-order valence-corrected chi connectivity index (χ2v) is 6.24. The van der Waals surface area contributed by atoms with Crippen molar-refractivity contribution in [3.05, 3.63) is 58.0 Å². The van der Waals surface area contributed by atoms with Crippen LogP contribution in [0.4, 0.5) is 5.69 Å². The first-order valence-corrected chi connectivity index (χ1v) is 8.07. The first-order chi connectivity index (χ1) is 11.4. The van der Waals surface area contributed by atoms with Gasteiger partial charge in [0.2, 0.25) is 0 Å². The van der Waals surface area contributed by atoms with Crippen LogP contribution >= 0.6 is 0 Å². The monoisotopic (exact) mass is 328 g/mol. The molecule has 24 heavy (non-hydrogen) atoms. The number of carbonyl (C=O) groups excluding carboxylic acids is 1. The quantitative estimate of drug-likeness (QED) is 0.883. The van der Waals surface area contributed by atoms with Gasteiger partial charge in [-0.3, -0.25) is 9.59 Å². The summed E-state index contributed by atoms with van der Waals surface area (Å²) in [7, 11) is 1.58. The Balaban J connectivity index is 2.24. The van der Waals surface area contributed by atoms with Gasteiger partial charge in [0, 0.05) is 18.4 Å². The molecule has 1 aromatic heterocycles. The van der Waals surface area contributed by atoms with Gasteiger partial charge < -0.3 is 14.6 Å². The molecule has 1 amide bonds. The van der Waals surface area contributed by atoms with Gasteiger partial charge in [-0.05, 0) is 55.2 Å². The third-order valence-corrected chi connectivity index (χ3v) is 3.90. The molecule has 0 bridgehead atoms. The molecular formula is C19H24N2O3. The van der Waals surface area contributed by atoms with Gasteiger partial charge in [-0.1, -0.05) is 13.8 Å². The molecule has 128 valence electrons. The normalized spacial score (nSPS) is 10.7. The third-order valence-electron chi connectivity index (χ3n) is 3.90. The highest BCUT2D eigenvalue weighted by atomic mass is 16.5. The maximum Gasteiger partial charge on any atom is 0.263 e. The summed E-state index contributed by atoms with van der Waals surface area (Å²) in [4.78, 5) is 25.2. The number of benzene rings is 1. The largest absolute Gasteiger partial charge is 0.497 e. The fourth-order valence-corrected chi connectivity index (χ4v) is 2.38. The Morgan fingerprint density at radius 3 is 2.46 bits per heavy atom. The molecular weight excluding hydrogens is 304 g/mol. The van der Waals surface area contributed by atoms with Gasteiger partial charge in [-0.15, -0.1) is 0 Å². The van der Waals surface area contributed by atoms with E-state index >= 15 is 0 Å². The number of hydrogen-bond acceptors (Lipinski definition) is 3. The van der Waals surface area contributed by atoms with Crippen molar-refractivity contribution >= 4 is 11.6 Å². The summed E-state index contributed by atoms with van der Waals surface area (Å²) in [5.41, 5.74) is 1.24. The van der Waals surface area contributed by atoms with Crippen LogP contribution in [-0.4, -0.2) is 17.6 Å². The molecule has 2 rings (SSSR count). The van der Waals surface area contributed by atoms with Crippen molar-refractivity contribution < 1.29 is 9.53 Å². The lowest BCUT2D eigenvalue weighted by atomic mass is 10.1. The van der Waals surface area contributed by atoms with E-state index in [1.54, 1.807) is 49.1 Å². The van der Waals surface area contributed by atoms with E-state index in [1.807, 2.05) is 6.07 Å². The maximum atomic E-state index is 12.6. The Morgan fingerprint density at radius 1 is 1.21 bits per heavy atom. The van der Waals surface area contributed by atoms with Crippen molar-refractivity contribution in [2.75, 3.05) is 12.4 Å². The number of amides is 1. The lowest BCUT2D eigenvalue weighted by Gasteiger charge is -2.12. The molecule has 2 aromatic rings. The van der Waals surface area contributed by atoms with Crippen LogP contribution in [0, 0.1) is 12.8 Å². The van der Waals surface area contributed by atoms with E-state index in [-0.39, 0.29) is 17.0 Å². The molecule has 0 saturated carbocycles. The summed E-state index contributed by atoms with van der Waals surface area (Å²) in [5, 5.41) is 2.78. The molecule has 0 spiro atoms. The van der Waals surface area contributed by atoms with E-state index in [1.165, 1.54) is 0 Å². The number of nitrogens with zero attached hydrogens (tertiary/aromatic N) is 1. The van der Waals surface area contributed by atoms with Gasteiger partial charge in [0.1, 0.15) is 11.3 Å². The zero-order chi connectivity index (χ0) is 17.7. The number of methoxy groups -OCH3 is 1. The summed E-state index contributed by atoms with van der Waals surface area (Å²) in [6.45, 7) is 6.60. The van der Waals surface area contributed by atoms with Crippen molar-refractivity contribution in [1.29, 1.82) is 0 Å². The number of aromatic nitrogens is 1.